The molecule has 1 aliphatic carbocycles. The number of piperidine rings is 1. The molecule has 3 rings (SSSR count). The van der Waals surface area contributed by atoms with Crippen LogP contribution < -0.4 is 5.32 Å². The van der Waals surface area contributed by atoms with Crippen LogP contribution in [0.3, 0.4) is 0 Å². The van der Waals surface area contributed by atoms with Crippen molar-refractivity contribution >= 4 is 0 Å². The molecular weight excluding hydrogens is 186 g/mol. The minimum absolute atomic E-state index is 0.557. The maximum atomic E-state index is 4.49. The van der Waals surface area contributed by atoms with Crippen molar-refractivity contribution in [3.63, 3.8) is 0 Å². The number of hydrogen-bond acceptors (Lipinski definition) is 2. The first-order valence-corrected chi connectivity index (χ1v) is 6.22. The van der Waals surface area contributed by atoms with E-state index in [-0.39, 0.29) is 0 Å². The average molecular weight is 205 g/mol. The normalized spacial score (nSPS) is 27.6. The summed E-state index contributed by atoms with van der Waals surface area (Å²) in [7, 11) is 0. The molecule has 0 amide bonds. The molecule has 82 valence electrons. The van der Waals surface area contributed by atoms with Crippen molar-refractivity contribution in [2.45, 2.75) is 50.6 Å². The second kappa shape index (κ2) is 3.97. The fourth-order valence-electron chi connectivity index (χ4n) is 2.64. The zero-order valence-electron chi connectivity index (χ0n) is 9.15. The highest BCUT2D eigenvalue weighted by Crippen LogP contribution is 2.34. The number of nitrogens with zero attached hydrogens (tertiary/aromatic N) is 2. The molecule has 3 heteroatoms. The monoisotopic (exact) mass is 205 g/mol. The van der Waals surface area contributed by atoms with Crippen molar-refractivity contribution in [3.05, 3.63) is 18.0 Å². The lowest BCUT2D eigenvalue weighted by molar-refractivity contribution is 0.267. The van der Waals surface area contributed by atoms with Gasteiger partial charge in [0.05, 0.1) is 11.7 Å². The van der Waals surface area contributed by atoms with Gasteiger partial charge in [0.25, 0.3) is 0 Å². The minimum atomic E-state index is 0.557. The van der Waals surface area contributed by atoms with Crippen molar-refractivity contribution in [1.29, 1.82) is 0 Å². The molecule has 0 spiro atoms. The number of nitrogens with one attached hydrogen (secondary N) is 1. The Morgan fingerprint density at radius 3 is 2.80 bits per heavy atom. The SMILES string of the molecule is c1cc([C@@H]2CCCCN2)n(C2CCC2)n1. The van der Waals surface area contributed by atoms with Crippen molar-refractivity contribution in [2.24, 2.45) is 0 Å². The maximum absolute atomic E-state index is 4.49. The van der Waals surface area contributed by atoms with Gasteiger partial charge in [-0.2, -0.15) is 5.10 Å². The fraction of sp³-hybridized carbons (Fsp3) is 0.750. The van der Waals surface area contributed by atoms with Crippen molar-refractivity contribution in [1.82, 2.24) is 15.1 Å². The van der Waals surface area contributed by atoms with Crippen LogP contribution in [0.4, 0.5) is 0 Å². The zero-order valence-corrected chi connectivity index (χ0v) is 9.15. The van der Waals surface area contributed by atoms with Crippen LogP contribution >= 0.6 is 0 Å². The summed E-state index contributed by atoms with van der Waals surface area (Å²) in [6.45, 7) is 1.17. The molecular formula is C12H19N3. The van der Waals surface area contributed by atoms with E-state index in [9.17, 15) is 0 Å². The molecule has 1 aromatic heterocycles. The van der Waals surface area contributed by atoms with Gasteiger partial charge in [0.1, 0.15) is 0 Å². The van der Waals surface area contributed by atoms with Gasteiger partial charge in [-0.15, -0.1) is 0 Å². The van der Waals surface area contributed by atoms with Crippen LogP contribution in [0.5, 0.6) is 0 Å². The Kier molecular flexibility index (Phi) is 2.49. The van der Waals surface area contributed by atoms with Gasteiger partial charge in [-0.05, 0) is 44.7 Å². The van der Waals surface area contributed by atoms with Crippen molar-refractivity contribution in [3.8, 4) is 0 Å². The first-order valence-electron chi connectivity index (χ1n) is 6.22. The molecule has 3 nitrogen and oxygen atoms in total. The van der Waals surface area contributed by atoms with Crippen LogP contribution in [0, 0.1) is 0 Å². The number of hydrogen-bond donors (Lipinski definition) is 1. The Hall–Kier alpha value is -0.830. The van der Waals surface area contributed by atoms with E-state index >= 15 is 0 Å². The molecule has 0 radical (unpaired) electrons. The Morgan fingerprint density at radius 1 is 1.20 bits per heavy atom. The third-order valence-electron chi connectivity index (χ3n) is 3.79. The lowest BCUT2D eigenvalue weighted by Gasteiger charge is -2.31. The molecule has 2 aliphatic rings. The van der Waals surface area contributed by atoms with Gasteiger partial charge in [0.15, 0.2) is 0 Å². The lowest BCUT2D eigenvalue weighted by Crippen LogP contribution is -2.31. The summed E-state index contributed by atoms with van der Waals surface area (Å²) in [4.78, 5) is 0. The summed E-state index contributed by atoms with van der Waals surface area (Å²) in [5, 5.41) is 8.09. The molecule has 2 heterocycles. The van der Waals surface area contributed by atoms with E-state index in [1.807, 2.05) is 6.20 Å². The van der Waals surface area contributed by atoms with Gasteiger partial charge in [-0.25, -0.2) is 0 Å². The standard InChI is InChI=1S/C12H19N3/c1-2-8-13-11(6-1)12-7-9-14-15(12)10-4-3-5-10/h7,9-11,13H,1-6,8H2/t11-/m0/s1. The van der Waals surface area contributed by atoms with Gasteiger partial charge in [-0.3, -0.25) is 4.68 Å². The molecule has 1 saturated heterocycles. The van der Waals surface area contributed by atoms with Gasteiger partial charge in [0.2, 0.25) is 0 Å². The topological polar surface area (TPSA) is 29.9 Å². The first kappa shape index (κ1) is 9.40. The van der Waals surface area contributed by atoms with Crippen LogP contribution in [-0.4, -0.2) is 16.3 Å². The largest absolute Gasteiger partial charge is 0.309 e. The van der Waals surface area contributed by atoms with E-state index in [2.05, 4.69) is 21.2 Å². The summed E-state index contributed by atoms with van der Waals surface area (Å²) in [6.07, 6.45) is 9.94. The zero-order chi connectivity index (χ0) is 10.1. The number of rotatable bonds is 2. The Morgan fingerprint density at radius 2 is 2.13 bits per heavy atom. The predicted octanol–water partition coefficient (Wildman–Crippen LogP) is 2.42. The maximum Gasteiger partial charge on any atom is 0.0556 e. The van der Waals surface area contributed by atoms with E-state index in [0.717, 1.165) is 0 Å². The molecule has 0 unspecified atom stereocenters. The van der Waals surface area contributed by atoms with Gasteiger partial charge >= 0.3 is 0 Å². The van der Waals surface area contributed by atoms with Crippen LogP contribution in [0.1, 0.15) is 56.3 Å². The smallest absolute Gasteiger partial charge is 0.0556 e. The van der Waals surface area contributed by atoms with Crippen molar-refractivity contribution < 1.29 is 0 Å². The molecule has 1 N–H and O–H groups in total. The van der Waals surface area contributed by atoms with E-state index in [1.165, 1.54) is 50.8 Å². The lowest BCUT2D eigenvalue weighted by atomic mass is 9.92. The first-order chi connectivity index (χ1) is 7.45. The molecule has 0 aromatic carbocycles. The van der Waals surface area contributed by atoms with Crippen molar-refractivity contribution in [2.75, 3.05) is 6.54 Å². The molecule has 1 atom stereocenters. The highest BCUT2D eigenvalue weighted by molar-refractivity contribution is 5.09. The van der Waals surface area contributed by atoms with Gasteiger partial charge < -0.3 is 5.32 Å². The predicted molar refractivity (Wildman–Crippen MR) is 59.7 cm³/mol. The third-order valence-corrected chi connectivity index (χ3v) is 3.79. The highest BCUT2D eigenvalue weighted by Gasteiger charge is 2.25. The van der Waals surface area contributed by atoms with Gasteiger partial charge in [0, 0.05) is 12.2 Å². The summed E-state index contributed by atoms with van der Waals surface area (Å²) in [6, 6.07) is 3.45. The molecule has 15 heavy (non-hydrogen) atoms. The average Bonchev–Trinajstić information content (AvgIpc) is 2.65. The highest BCUT2D eigenvalue weighted by atomic mass is 15.3. The van der Waals surface area contributed by atoms with Crippen LogP contribution in [0.2, 0.25) is 0 Å². The summed E-state index contributed by atoms with van der Waals surface area (Å²) in [5.41, 5.74) is 1.42. The molecule has 2 fully saturated rings. The van der Waals surface area contributed by atoms with Crippen LogP contribution in [-0.2, 0) is 0 Å². The summed E-state index contributed by atoms with van der Waals surface area (Å²) >= 11 is 0. The Balaban J connectivity index is 1.80. The summed E-state index contributed by atoms with van der Waals surface area (Å²) in [5.74, 6) is 0. The van der Waals surface area contributed by atoms with E-state index in [0.29, 0.717) is 12.1 Å². The second-order valence-electron chi connectivity index (χ2n) is 4.79. The van der Waals surface area contributed by atoms with E-state index in [4.69, 9.17) is 0 Å². The van der Waals surface area contributed by atoms with Crippen LogP contribution in [0.15, 0.2) is 12.3 Å². The van der Waals surface area contributed by atoms with Gasteiger partial charge in [-0.1, -0.05) is 6.42 Å². The minimum Gasteiger partial charge on any atom is -0.309 e. The second-order valence-corrected chi connectivity index (χ2v) is 4.79. The third kappa shape index (κ3) is 1.69. The Bertz CT molecular complexity index is 321. The molecule has 1 aliphatic heterocycles. The van der Waals surface area contributed by atoms with Crippen LogP contribution in [0.25, 0.3) is 0 Å². The summed E-state index contributed by atoms with van der Waals surface area (Å²) < 4.78 is 2.27. The molecule has 1 saturated carbocycles. The van der Waals surface area contributed by atoms with E-state index < -0.39 is 0 Å². The Labute approximate surface area is 90.9 Å². The quantitative estimate of drug-likeness (QED) is 0.803. The molecule has 0 bridgehead atoms. The molecule has 1 aromatic rings. The van der Waals surface area contributed by atoms with E-state index in [1.54, 1.807) is 0 Å². The fourth-order valence-corrected chi connectivity index (χ4v) is 2.64. The number of aromatic nitrogens is 2.